The van der Waals surface area contributed by atoms with Crippen molar-refractivity contribution in [2.24, 2.45) is 0 Å². The number of nitrogens with one attached hydrogen (secondary N) is 1. The van der Waals surface area contributed by atoms with Crippen LogP contribution in [0.15, 0.2) is 67.1 Å². The number of aromatic nitrogens is 2. The summed E-state index contributed by atoms with van der Waals surface area (Å²) in [5, 5.41) is 11.9. The van der Waals surface area contributed by atoms with Crippen molar-refractivity contribution in [3.8, 4) is 11.1 Å². The van der Waals surface area contributed by atoms with E-state index in [1.165, 1.54) is 0 Å². The number of rotatable bonds is 7. The first kappa shape index (κ1) is 19.6. The zero-order chi connectivity index (χ0) is 20.9. The van der Waals surface area contributed by atoms with Crippen LogP contribution in [-0.4, -0.2) is 39.8 Å². The lowest BCUT2D eigenvalue weighted by molar-refractivity contribution is -0.139. The Labute approximate surface area is 173 Å². The number of ether oxygens (including phenoxy) is 1. The lowest BCUT2D eigenvalue weighted by atomic mass is 9.98. The highest BCUT2D eigenvalue weighted by atomic mass is 16.5. The van der Waals surface area contributed by atoms with Crippen molar-refractivity contribution in [3.05, 3.63) is 83.9 Å². The average molecular weight is 403 g/mol. The fourth-order valence-corrected chi connectivity index (χ4v) is 3.79. The van der Waals surface area contributed by atoms with Gasteiger partial charge in [0.2, 0.25) is 0 Å². The standard InChI is InChI=1S/C23H21N3O4/c27-22(28)21(10-9-15-13-24-11-12-25-15)26-23(29)30-14-20-18-7-3-1-5-16(18)17-6-2-4-8-19(17)20/h1-8,11-13,20-21H,9-10,14H2,(H,26,29)(H,27,28). The number of nitrogens with zero attached hydrogens (tertiary/aromatic N) is 2. The Morgan fingerprint density at radius 1 is 1.03 bits per heavy atom. The molecule has 1 atom stereocenters. The van der Waals surface area contributed by atoms with Crippen molar-refractivity contribution in [1.29, 1.82) is 0 Å². The van der Waals surface area contributed by atoms with Crippen LogP contribution in [0.25, 0.3) is 11.1 Å². The lowest BCUT2D eigenvalue weighted by Gasteiger charge is -2.17. The molecular weight excluding hydrogens is 382 g/mol. The molecule has 1 amide bonds. The zero-order valence-electron chi connectivity index (χ0n) is 16.2. The summed E-state index contributed by atoms with van der Waals surface area (Å²) in [5.41, 5.74) is 5.13. The molecule has 1 aliphatic carbocycles. The van der Waals surface area contributed by atoms with Crippen LogP contribution in [0.5, 0.6) is 0 Å². The molecule has 152 valence electrons. The summed E-state index contributed by atoms with van der Waals surface area (Å²) in [6.07, 6.45) is 4.50. The van der Waals surface area contributed by atoms with E-state index in [0.29, 0.717) is 12.1 Å². The third-order valence-corrected chi connectivity index (χ3v) is 5.24. The number of hydrogen-bond donors (Lipinski definition) is 2. The number of benzene rings is 2. The van der Waals surface area contributed by atoms with E-state index in [-0.39, 0.29) is 18.9 Å². The van der Waals surface area contributed by atoms with Crippen LogP contribution < -0.4 is 5.32 Å². The molecule has 30 heavy (non-hydrogen) atoms. The second-order valence-corrected chi connectivity index (χ2v) is 7.10. The van der Waals surface area contributed by atoms with Gasteiger partial charge in [0.1, 0.15) is 12.6 Å². The topological polar surface area (TPSA) is 101 Å². The van der Waals surface area contributed by atoms with Crippen LogP contribution >= 0.6 is 0 Å². The first-order chi connectivity index (χ1) is 14.6. The molecule has 1 unspecified atom stereocenters. The molecule has 3 aromatic rings. The molecule has 2 N–H and O–H groups in total. The second-order valence-electron chi connectivity index (χ2n) is 7.10. The highest BCUT2D eigenvalue weighted by Crippen LogP contribution is 2.44. The van der Waals surface area contributed by atoms with Gasteiger partial charge in [-0.2, -0.15) is 0 Å². The lowest BCUT2D eigenvalue weighted by Crippen LogP contribution is -2.41. The molecule has 0 saturated carbocycles. The molecule has 0 saturated heterocycles. The van der Waals surface area contributed by atoms with E-state index in [1.807, 2.05) is 36.4 Å². The minimum atomic E-state index is -1.12. The predicted octanol–water partition coefficient (Wildman–Crippen LogP) is 3.40. The van der Waals surface area contributed by atoms with Crippen molar-refractivity contribution < 1.29 is 19.4 Å². The minimum Gasteiger partial charge on any atom is -0.480 e. The summed E-state index contributed by atoms with van der Waals surface area (Å²) < 4.78 is 5.43. The van der Waals surface area contributed by atoms with E-state index in [4.69, 9.17) is 4.74 Å². The number of fused-ring (bicyclic) bond motifs is 3. The van der Waals surface area contributed by atoms with Gasteiger partial charge in [-0.15, -0.1) is 0 Å². The van der Waals surface area contributed by atoms with Crippen LogP contribution in [0.1, 0.15) is 29.2 Å². The maximum atomic E-state index is 12.3. The summed E-state index contributed by atoms with van der Waals surface area (Å²) in [4.78, 5) is 31.9. The maximum absolute atomic E-state index is 12.3. The fraction of sp³-hybridized carbons (Fsp3) is 0.217. The Balaban J connectivity index is 1.38. The number of hydrogen-bond acceptors (Lipinski definition) is 5. The Hall–Kier alpha value is -3.74. The van der Waals surface area contributed by atoms with Gasteiger partial charge < -0.3 is 15.2 Å². The number of alkyl carbamates (subject to hydrolysis) is 1. The van der Waals surface area contributed by atoms with E-state index >= 15 is 0 Å². The van der Waals surface area contributed by atoms with Gasteiger partial charge in [-0.25, -0.2) is 9.59 Å². The molecule has 1 aliphatic rings. The van der Waals surface area contributed by atoms with Crippen molar-refractivity contribution >= 4 is 12.1 Å². The highest BCUT2D eigenvalue weighted by molar-refractivity contribution is 5.81. The van der Waals surface area contributed by atoms with Gasteiger partial charge in [0.15, 0.2) is 0 Å². The molecule has 7 heteroatoms. The van der Waals surface area contributed by atoms with Gasteiger partial charge in [-0.3, -0.25) is 9.97 Å². The number of carbonyl (C=O) groups excluding carboxylic acids is 1. The average Bonchev–Trinajstić information content (AvgIpc) is 3.09. The van der Waals surface area contributed by atoms with E-state index < -0.39 is 18.1 Å². The van der Waals surface area contributed by atoms with Crippen LogP contribution in [0, 0.1) is 0 Å². The number of carboxylic acids is 1. The molecule has 0 spiro atoms. The first-order valence-electron chi connectivity index (χ1n) is 9.72. The summed E-state index contributed by atoms with van der Waals surface area (Å²) in [7, 11) is 0. The van der Waals surface area contributed by atoms with E-state index in [2.05, 4.69) is 27.4 Å². The van der Waals surface area contributed by atoms with Gasteiger partial charge >= 0.3 is 12.1 Å². The van der Waals surface area contributed by atoms with Crippen LogP contribution in [0.3, 0.4) is 0 Å². The minimum absolute atomic E-state index is 0.0778. The van der Waals surface area contributed by atoms with Crippen LogP contribution in [-0.2, 0) is 16.0 Å². The monoisotopic (exact) mass is 403 g/mol. The third-order valence-electron chi connectivity index (χ3n) is 5.24. The molecule has 0 bridgehead atoms. The Morgan fingerprint density at radius 2 is 1.70 bits per heavy atom. The van der Waals surface area contributed by atoms with E-state index in [0.717, 1.165) is 22.3 Å². The summed E-state index contributed by atoms with van der Waals surface area (Å²) >= 11 is 0. The number of carboxylic acid groups (broad SMARTS) is 1. The van der Waals surface area contributed by atoms with Crippen molar-refractivity contribution in [2.75, 3.05) is 6.61 Å². The van der Waals surface area contributed by atoms with E-state index in [9.17, 15) is 14.7 Å². The summed E-state index contributed by atoms with van der Waals surface area (Å²) in [6.45, 7) is 0.135. The predicted molar refractivity (Wildman–Crippen MR) is 110 cm³/mol. The zero-order valence-corrected chi connectivity index (χ0v) is 16.2. The Kier molecular flexibility index (Phi) is 5.70. The van der Waals surface area contributed by atoms with Crippen LogP contribution in [0.2, 0.25) is 0 Å². The largest absolute Gasteiger partial charge is 0.480 e. The molecular formula is C23H21N3O4. The molecule has 7 nitrogen and oxygen atoms in total. The molecule has 4 rings (SSSR count). The Morgan fingerprint density at radius 3 is 2.30 bits per heavy atom. The van der Waals surface area contributed by atoms with Gasteiger partial charge in [0, 0.05) is 24.5 Å². The molecule has 0 aliphatic heterocycles. The van der Waals surface area contributed by atoms with Gasteiger partial charge in [0.05, 0.1) is 5.69 Å². The molecule has 0 fully saturated rings. The Bertz CT molecular complexity index is 1010. The molecule has 1 heterocycles. The summed E-state index contributed by atoms with van der Waals surface area (Å²) in [5.74, 6) is -1.20. The molecule has 1 aromatic heterocycles. The van der Waals surface area contributed by atoms with Gasteiger partial charge in [0.25, 0.3) is 0 Å². The molecule has 2 aromatic carbocycles. The van der Waals surface area contributed by atoms with Crippen molar-refractivity contribution in [3.63, 3.8) is 0 Å². The van der Waals surface area contributed by atoms with E-state index in [1.54, 1.807) is 18.6 Å². The quantitative estimate of drug-likeness (QED) is 0.627. The fourth-order valence-electron chi connectivity index (χ4n) is 3.79. The first-order valence-corrected chi connectivity index (χ1v) is 9.72. The van der Waals surface area contributed by atoms with Crippen molar-refractivity contribution in [1.82, 2.24) is 15.3 Å². The summed E-state index contributed by atoms with van der Waals surface area (Å²) in [6, 6.07) is 15.0. The number of aliphatic carboxylic acids is 1. The van der Waals surface area contributed by atoms with Gasteiger partial charge in [-0.1, -0.05) is 48.5 Å². The second kappa shape index (κ2) is 8.73. The highest BCUT2D eigenvalue weighted by Gasteiger charge is 2.29. The number of aryl methyl sites for hydroxylation is 1. The SMILES string of the molecule is O=C(NC(CCc1cnccn1)C(=O)O)OCC1c2ccccc2-c2ccccc21. The maximum Gasteiger partial charge on any atom is 0.407 e. The third kappa shape index (κ3) is 4.15. The smallest absolute Gasteiger partial charge is 0.407 e. The number of amides is 1. The normalized spacial score (nSPS) is 13.2. The number of carbonyl (C=O) groups is 2. The van der Waals surface area contributed by atoms with Crippen LogP contribution in [0.4, 0.5) is 4.79 Å². The van der Waals surface area contributed by atoms with Gasteiger partial charge in [-0.05, 0) is 35.1 Å². The van der Waals surface area contributed by atoms with Crippen molar-refractivity contribution in [2.45, 2.75) is 24.8 Å². The molecule has 0 radical (unpaired) electrons.